The molecule has 15 heteroatoms. The number of benzene rings is 3. The molecule has 2 saturated heterocycles. The maximum absolute atomic E-state index is 13.6. The summed E-state index contributed by atoms with van der Waals surface area (Å²) >= 11 is 0. The van der Waals surface area contributed by atoms with E-state index in [1.54, 1.807) is 12.1 Å². The molecule has 0 aliphatic carbocycles. The number of carbonyl (C=O) groups is 1. The van der Waals surface area contributed by atoms with Crippen LogP contribution in [0.2, 0.25) is 0 Å². The number of aromatic nitrogens is 4. The Hall–Kier alpha value is -3.75. The van der Waals surface area contributed by atoms with Crippen LogP contribution in [0.1, 0.15) is 34.9 Å². The summed E-state index contributed by atoms with van der Waals surface area (Å²) in [6.45, 7) is 3.26. The number of amides is 1. The third-order valence-corrected chi connectivity index (χ3v) is 8.87. The van der Waals surface area contributed by atoms with Gasteiger partial charge in [0.15, 0.2) is 0 Å². The molecule has 0 spiro atoms. The fourth-order valence-corrected chi connectivity index (χ4v) is 6.87. The SMILES string of the molecule is COc1ccc(-n2nnnc2C(F)(F)F)cc1CN1C[C@@H]2CN(C(=O)CCO)CCN2[C@H](C(c2ccccc2)c2ccccc2)C1.Cl.Cl. The van der Waals surface area contributed by atoms with Crippen molar-refractivity contribution in [3.63, 3.8) is 0 Å². The Morgan fingerprint density at radius 2 is 1.62 bits per heavy atom. The van der Waals surface area contributed by atoms with E-state index in [-0.39, 0.29) is 67.4 Å². The third-order valence-electron chi connectivity index (χ3n) is 8.87. The molecule has 1 amide bonds. The molecule has 2 aliphatic heterocycles. The van der Waals surface area contributed by atoms with Crippen molar-refractivity contribution in [3.8, 4) is 11.4 Å². The smallest absolute Gasteiger partial charge is 0.453 e. The molecule has 6 rings (SSSR count). The second-order valence-corrected chi connectivity index (χ2v) is 11.7. The van der Waals surface area contributed by atoms with Crippen molar-refractivity contribution in [2.75, 3.05) is 46.4 Å². The molecule has 3 aromatic carbocycles. The van der Waals surface area contributed by atoms with Gasteiger partial charge in [0, 0.05) is 69.3 Å². The molecule has 48 heavy (non-hydrogen) atoms. The summed E-state index contributed by atoms with van der Waals surface area (Å²) in [4.78, 5) is 19.5. The van der Waals surface area contributed by atoms with Crippen LogP contribution >= 0.6 is 24.8 Å². The highest BCUT2D eigenvalue weighted by molar-refractivity contribution is 5.85. The lowest BCUT2D eigenvalue weighted by Crippen LogP contribution is -2.67. The van der Waals surface area contributed by atoms with Crippen LogP contribution in [0.4, 0.5) is 13.2 Å². The summed E-state index contributed by atoms with van der Waals surface area (Å²) in [6.07, 6.45) is -4.64. The van der Waals surface area contributed by atoms with Crippen molar-refractivity contribution in [2.24, 2.45) is 0 Å². The summed E-state index contributed by atoms with van der Waals surface area (Å²) in [5, 5.41) is 19.5. The van der Waals surface area contributed by atoms with Gasteiger partial charge in [-0.25, -0.2) is 0 Å². The number of piperazine rings is 2. The molecule has 0 radical (unpaired) electrons. The average Bonchev–Trinajstić information content (AvgIpc) is 3.57. The molecular weight excluding hydrogens is 670 g/mol. The van der Waals surface area contributed by atoms with E-state index >= 15 is 0 Å². The quantitative estimate of drug-likeness (QED) is 0.273. The van der Waals surface area contributed by atoms with Gasteiger partial charge in [0.2, 0.25) is 5.91 Å². The maximum Gasteiger partial charge on any atom is 0.453 e. The first-order valence-electron chi connectivity index (χ1n) is 15.3. The van der Waals surface area contributed by atoms with Crippen LogP contribution in [0.25, 0.3) is 5.69 Å². The van der Waals surface area contributed by atoms with E-state index in [1.165, 1.54) is 24.3 Å². The van der Waals surface area contributed by atoms with E-state index in [0.29, 0.717) is 55.3 Å². The standard InChI is InChI=1S/C33H36F3N7O3.2ClH/c1-46-29-13-12-26(43-32(33(34,35)36)37-38-39-43)18-25(29)19-40-20-27-21-41(30(45)14-17-44)15-16-42(27)28(22-40)31(23-8-4-2-5-9-23)24-10-6-3-7-11-24;;/h2-13,18,27-28,31,44H,14-17,19-22H2,1H3;2*1H/t27-,28+;;/m1../s1. The average molecular weight is 709 g/mol. The van der Waals surface area contributed by atoms with E-state index in [4.69, 9.17) is 4.74 Å². The molecule has 1 aromatic heterocycles. The zero-order valence-electron chi connectivity index (χ0n) is 26.2. The second kappa shape index (κ2) is 16.1. The molecule has 2 aliphatic rings. The monoisotopic (exact) mass is 707 g/mol. The Morgan fingerprint density at radius 3 is 2.23 bits per heavy atom. The zero-order valence-corrected chi connectivity index (χ0v) is 27.9. The zero-order chi connectivity index (χ0) is 32.3. The van der Waals surface area contributed by atoms with Gasteiger partial charge in [-0.15, -0.1) is 29.9 Å². The van der Waals surface area contributed by atoms with Gasteiger partial charge in [0.1, 0.15) is 5.75 Å². The van der Waals surface area contributed by atoms with Gasteiger partial charge in [0.05, 0.1) is 19.4 Å². The number of fused-ring (bicyclic) bond motifs is 1. The number of hydrogen-bond acceptors (Lipinski definition) is 8. The minimum atomic E-state index is -4.72. The Balaban J connectivity index is 0.00000260. The number of hydrogen-bond donors (Lipinski definition) is 1. The summed E-state index contributed by atoms with van der Waals surface area (Å²) < 4.78 is 47.3. The van der Waals surface area contributed by atoms with E-state index < -0.39 is 12.0 Å². The van der Waals surface area contributed by atoms with Crippen LogP contribution in [0.15, 0.2) is 78.9 Å². The molecule has 258 valence electrons. The third kappa shape index (κ3) is 7.92. The van der Waals surface area contributed by atoms with Crippen molar-refractivity contribution in [3.05, 3.63) is 101 Å². The first-order chi connectivity index (χ1) is 22.3. The number of aliphatic hydroxyl groups excluding tert-OH is 1. The fraction of sp³-hybridized carbons (Fsp3) is 0.394. The number of aliphatic hydroxyl groups is 1. The molecule has 2 fully saturated rings. The fourth-order valence-electron chi connectivity index (χ4n) is 6.87. The van der Waals surface area contributed by atoms with E-state index in [1.807, 2.05) is 41.3 Å². The number of halogens is 5. The molecule has 3 heterocycles. The molecule has 0 saturated carbocycles. The highest BCUT2D eigenvalue weighted by Crippen LogP contribution is 2.37. The van der Waals surface area contributed by atoms with Gasteiger partial charge in [-0.3, -0.25) is 14.6 Å². The van der Waals surface area contributed by atoms with E-state index in [2.05, 4.69) is 49.6 Å². The molecule has 0 bridgehead atoms. The Morgan fingerprint density at radius 1 is 0.958 bits per heavy atom. The number of carbonyl (C=O) groups excluding carboxylic acids is 1. The van der Waals surface area contributed by atoms with E-state index in [9.17, 15) is 23.1 Å². The van der Waals surface area contributed by atoms with Gasteiger partial charge >= 0.3 is 6.18 Å². The Bertz CT molecular complexity index is 1590. The number of ether oxygens (including phenoxy) is 1. The number of nitrogens with zero attached hydrogens (tertiary/aromatic N) is 7. The van der Waals surface area contributed by atoms with Gasteiger partial charge < -0.3 is 14.7 Å². The van der Waals surface area contributed by atoms with E-state index in [0.717, 1.165) is 0 Å². The van der Waals surface area contributed by atoms with Gasteiger partial charge in [-0.2, -0.15) is 17.9 Å². The van der Waals surface area contributed by atoms with Gasteiger partial charge in [-0.05, 0) is 39.8 Å². The molecule has 10 nitrogen and oxygen atoms in total. The Kier molecular flexibility index (Phi) is 12.4. The van der Waals surface area contributed by atoms with Gasteiger partial charge in [-0.1, -0.05) is 60.7 Å². The molecule has 1 N–H and O–H groups in total. The molecular formula is C33H38Cl2F3N7O3. The summed E-state index contributed by atoms with van der Waals surface area (Å²) in [5.74, 6) is -0.720. The summed E-state index contributed by atoms with van der Waals surface area (Å²) in [7, 11) is 1.53. The predicted octanol–water partition coefficient (Wildman–Crippen LogP) is 4.44. The molecule has 4 aromatic rings. The normalized spacial score (nSPS) is 18.5. The van der Waals surface area contributed by atoms with Gasteiger partial charge in [0.25, 0.3) is 5.82 Å². The number of rotatable bonds is 9. The maximum atomic E-state index is 13.6. The minimum absolute atomic E-state index is 0. The first kappa shape index (κ1) is 37.1. The summed E-state index contributed by atoms with van der Waals surface area (Å²) in [6, 6.07) is 25.5. The largest absolute Gasteiger partial charge is 0.496 e. The van der Waals surface area contributed by atoms with Crippen LogP contribution in [0.3, 0.4) is 0 Å². The Labute approximate surface area is 289 Å². The lowest BCUT2D eigenvalue weighted by molar-refractivity contribution is -0.146. The molecule has 0 unspecified atom stereocenters. The topological polar surface area (TPSA) is 99.8 Å². The van der Waals surface area contributed by atoms with Crippen molar-refractivity contribution in [1.29, 1.82) is 0 Å². The van der Waals surface area contributed by atoms with Crippen LogP contribution in [-0.4, -0.2) is 104 Å². The lowest BCUT2D eigenvalue weighted by Gasteiger charge is -2.53. The highest BCUT2D eigenvalue weighted by atomic mass is 35.5. The predicted molar refractivity (Wildman–Crippen MR) is 178 cm³/mol. The van der Waals surface area contributed by atoms with Crippen molar-refractivity contribution >= 4 is 30.7 Å². The lowest BCUT2D eigenvalue weighted by atomic mass is 9.81. The minimum Gasteiger partial charge on any atom is -0.496 e. The highest BCUT2D eigenvalue weighted by Gasteiger charge is 2.43. The van der Waals surface area contributed by atoms with Crippen molar-refractivity contribution in [2.45, 2.75) is 37.1 Å². The van der Waals surface area contributed by atoms with Crippen molar-refractivity contribution in [1.82, 2.24) is 34.9 Å². The second-order valence-electron chi connectivity index (χ2n) is 11.7. The van der Waals surface area contributed by atoms with Crippen LogP contribution in [-0.2, 0) is 17.5 Å². The summed E-state index contributed by atoms with van der Waals surface area (Å²) in [5.41, 5.74) is 3.22. The van der Waals surface area contributed by atoms with Crippen LogP contribution in [0, 0.1) is 0 Å². The number of alkyl halides is 3. The van der Waals surface area contributed by atoms with Crippen LogP contribution < -0.4 is 4.74 Å². The van der Waals surface area contributed by atoms with Crippen molar-refractivity contribution < 1.29 is 27.8 Å². The number of methoxy groups -OCH3 is 1. The van der Waals surface area contributed by atoms with Crippen LogP contribution in [0.5, 0.6) is 5.75 Å². The molecule has 2 atom stereocenters. The first-order valence-corrected chi connectivity index (χ1v) is 15.3. The number of tetrazole rings is 1.